The molecule has 0 bridgehead atoms. The van der Waals surface area contributed by atoms with Crippen LogP contribution in [0.4, 0.5) is 10.1 Å². The predicted molar refractivity (Wildman–Crippen MR) is 108 cm³/mol. The van der Waals surface area contributed by atoms with Crippen molar-refractivity contribution in [2.45, 2.75) is 6.42 Å². The van der Waals surface area contributed by atoms with Crippen LogP contribution in [-0.2, 0) is 6.42 Å². The summed E-state index contributed by atoms with van der Waals surface area (Å²) in [5.74, 6) is -0.940. The van der Waals surface area contributed by atoms with Crippen molar-refractivity contribution in [1.29, 1.82) is 5.26 Å². The number of amides is 2. The van der Waals surface area contributed by atoms with Gasteiger partial charge in [0.1, 0.15) is 5.82 Å². The van der Waals surface area contributed by atoms with Gasteiger partial charge in [-0.1, -0.05) is 18.2 Å². The molecule has 0 atom stereocenters. The second kappa shape index (κ2) is 9.29. The van der Waals surface area contributed by atoms with Crippen LogP contribution in [0.5, 0.6) is 0 Å². The third-order valence-electron chi connectivity index (χ3n) is 4.27. The van der Waals surface area contributed by atoms with Crippen molar-refractivity contribution in [2.75, 3.05) is 11.9 Å². The first kappa shape index (κ1) is 19.8. The van der Waals surface area contributed by atoms with Crippen molar-refractivity contribution < 1.29 is 14.0 Å². The number of nitriles is 1. The molecule has 0 heterocycles. The maximum absolute atomic E-state index is 12.9. The first-order valence-corrected chi connectivity index (χ1v) is 8.99. The van der Waals surface area contributed by atoms with Gasteiger partial charge in [0.25, 0.3) is 11.8 Å². The average Bonchev–Trinajstić information content (AvgIpc) is 2.75. The number of halogens is 1. The third-order valence-corrected chi connectivity index (χ3v) is 4.27. The molecule has 0 aliphatic carbocycles. The maximum Gasteiger partial charge on any atom is 0.255 e. The Balaban J connectivity index is 1.58. The molecule has 5 nitrogen and oxygen atoms in total. The van der Waals surface area contributed by atoms with Crippen LogP contribution in [0.25, 0.3) is 0 Å². The van der Waals surface area contributed by atoms with E-state index in [4.69, 9.17) is 5.26 Å². The number of anilines is 1. The highest BCUT2D eigenvalue weighted by Crippen LogP contribution is 2.12. The molecule has 0 fully saturated rings. The van der Waals surface area contributed by atoms with Crippen molar-refractivity contribution in [3.05, 3.63) is 101 Å². The lowest BCUT2D eigenvalue weighted by Gasteiger charge is -2.08. The van der Waals surface area contributed by atoms with Gasteiger partial charge in [0.15, 0.2) is 0 Å². The molecular formula is C23H18FN3O2. The van der Waals surface area contributed by atoms with Crippen molar-refractivity contribution in [1.82, 2.24) is 5.32 Å². The first-order chi connectivity index (χ1) is 14.0. The zero-order valence-electron chi connectivity index (χ0n) is 15.5. The van der Waals surface area contributed by atoms with Crippen LogP contribution in [0.15, 0.2) is 72.8 Å². The quantitative estimate of drug-likeness (QED) is 0.673. The van der Waals surface area contributed by atoms with Gasteiger partial charge in [0.2, 0.25) is 0 Å². The van der Waals surface area contributed by atoms with Crippen molar-refractivity contribution in [2.24, 2.45) is 0 Å². The highest BCUT2D eigenvalue weighted by atomic mass is 19.1. The van der Waals surface area contributed by atoms with Gasteiger partial charge in [0.05, 0.1) is 11.6 Å². The van der Waals surface area contributed by atoms with E-state index in [0.29, 0.717) is 35.3 Å². The molecule has 0 unspecified atom stereocenters. The van der Waals surface area contributed by atoms with E-state index in [9.17, 15) is 14.0 Å². The van der Waals surface area contributed by atoms with E-state index in [1.807, 2.05) is 6.07 Å². The van der Waals surface area contributed by atoms with Crippen LogP contribution in [0.1, 0.15) is 31.8 Å². The molecule has 0 radical (unpaired) electrons. The minimum atomic E-state index is -0.351. The number of rotatable bonds is 6. The van der Waals surface area contributed by atoms with Gasteiger partial charge in [-0.3, -0.25) is 9.59 Å². The van der Waals surface area contributed by atoms with E-state index in [-0.39, 0.29) is 17.6 Å². The molecule has 3 rings (SSSR count). The molecule has 3 aromatic carbocycles. The zero-order valence-corrected chi connectivity index (χ0v) is 15.5. The molecule has 3 aromatic rings. The third kappa shape index (κ3) is 5.50. The van der Waals surface area contributed by atoms with Crippen LogP contribution in [0, 0.1) is 17.1 Å². The Bertz CT molecular complexity index is 1050. The van der Waals surface area contributed by atoms with E-state index < -0.39 is 0 Å². The summed E-state index contributed by atoms with van der Waals surface area (Å²) in [5, 5.41) is 14.3. The molecule has 0 saturated carbocycles. The van der Waals surface area contributed by atoms with Gasteiger partial charge < -0.3 is 10.6 Å². The number of benzene rings is 3. The lowest BCUT2D eigenvalue weighted by molar-refractivity contribution is 0.0954. The monoisotopic (exact) mass is 387 g/mol. The van der Waals surface area contributed by atoms with Gasteiger partial charge in [0, 0.05) is 23.4 Å². The van der Waals surface area contributed by atoms with Crippen molar-refractivity contribution in [3.63, 3.8) is 0 Å². The van der Waals surface area contributed by atoms with E-state index in [2.05, 4.69) is 10.6 Å². The van der Waals surface area contributed by atoms with Crippen LogP contribution in [0.2, 0.25) is 0 Å². The number of hydrogen-bond donors (Lipinski definition) is 2. The summed E-state index contributed by atoms with van der Waals surface area (Å²) >= 11 is 0. The van der Waals surface area contributed by atoms with E-state index in [1.54, 1.807) is 54.6 Å². The van der Waals surface area contributed by atoms with Crippen molar-refractivity contribution >= 4 is 17.5 Å². The Kier molecular flexibility index (Phi) is 6.33. The molecule has 144 valence electrons. The second-order valence-electron chi connectivity index (χ2n) is 6.36. The molecule has 0 saturated heterocycles. The first-order valence-electron chi connectivity index (χ1n) is 8.99. The summed E-state index contributed by atoms with van der Waals surface area (Å²) < 4.78 is 12.9. The number of hydrogen-bond acceptors (Lipinski definition) is 3. The number of carbonyl (C=O) groups excluding carboxylic acids is 2. The summed E-state index contributed by atoms with van der Waals surface area (Å²) in [6.45, 7) is 0.395. The number of carbonyl (C=O) groups is 2. The fraction of sp³-hybridized carbons (Fsp3) is 0.0870. The van der Waals surface area contributed by atoms with Crippen molar-refractivity contribution in [3.8, 4) is 6.07 Å². The van der Waals surface area contributed by atoms with E-state index >= 15 is 0 Å². The van der Waals surface area contributed by atoms with Gasteiger partial charge in [-0.05, 0) is 66.6 Å². The molecule has 6 heteroatoms. The van der Waals surface area contributed by atoms with Crippen LogP contribution in [-0.4, -0.2) is 18.4 Å². The Morgan fingerprint density at radius 1 is 0.897 bits per heavy atom. The minimum absolute atomic E-state index is 0.292. The van der Waals surface area contributed by atoms with Gasteiger partial charge in [-0.25, -0.2) is 4.39 Å². The number of nitrogens with zero attached hydrogens (tertiary/aromatic N) is 1. The largest absolute Gasteiger partial charge is 0.352 e. The summed E-state index contributed by atoms with van der Waals surface area (Å²) in [6, 6.07) is 21.0. The molecule has 29 heavy (non-hydrogen) atoms. The van der Waals surface area contributed by atoms with Crippen LogP contribution in [0.3, 0.4) is 0 Å². The normalized spacial score (nSPS) is 10.1. The van der Waals surface area contributed by atoms with Crippen LogP contribution >= 0.6 is 0 Å². The summed E-state index contributed by atoms with van der Waals surface area (Å²) in [7, 11) is 0. The van der Waals surface area contributed by atoms with E-state index in [1.165, 1.54) is 18.2 Å². The fourth-order valence-corrected chi connectivity index (χ4v) is 2.71. The smallest absolute Gasteiger partial charge is 0.255 e. The predicted octanol–water partition coefficient (Wildman–Crippen LogP) is 3.92. The topological polar surface area (TPSA) is 82.0 Å². The zero-order chi connectivity index (χ0) is 20.6. The maximum atomic E-state index is 12.9. The standard InChI is InChI=1S/C23H18FN3O2/c24-20-8-4-16(5-9-20)12-13-26-22(28)18-2-1-3-19(14-18)23(29)27-21-10-6-17(15-25)7-11-21/h1-11,14H,12-13H2,(H,26,28)(H,27,29). The van der Waals surface area contributed by atoms with E-state index in [0.717, 1.165) is 5.56 Å². The molecule has 0 aliphatic heterocycles. The lowest BCUT2D eigenvalue weighted by Crippen LogP contribution is -2.26. The van der Waals surface area contributed by atoms with Gasteiger partial charge in [-0.2, -0.15) is 5.26 Å². The molecule has 0 aromatic heterocycles. The molecule has 2 amide bonds. The van der Waals surface area contributed by atoms with Gasteiger partial charge >= 0.3 is 0 Å². The van der Waals surface area contributed by atoms with Gasteiger partial charge in [-0.15, -0.1) is 0 Å². The SMILES string of the molecule is N#Cc1ccc(NC(=O)c2cccc(C(=O)NCCc3ccc(F)cc3)c2)cc1. The Morgan fingerprint density at radius 2 is 1.55 bits per heavy atom. The average molecular weight is 387 g/mol. The Labute approximate surface area is 167 Å². The Hall–Kier alpha value is -3.98. The molecule has 0 spiro atoms. The highest BCUT2D eigenvalue weighted by molar-refractivity contribution is 6.06. The van der Waals surface area contributed by atoms with Crippen LogP contribution < -0.4 is 10.6 Å². The lowest BCUT2D eigenvalue weighted by atomic mass is 10.1. The summed E-state index contributed by atoms with van der Waals surface area (Å²) in [6.07, 6.45) is 0.574. The Morgan fingerprint density at radius 3 is 2.21 bits per heavy atom. The molecule has 0 aliphatic rings. The minimum Gasteiger partial charge on any atom is -0.352 e. The molecule has 2 N–H and O–H groups in total. The number of nitrogens with one attached hydrogen (secondary N) is 2. The second-order valence-corrected chi connectivity index (χ2v) is 6.36. The summed E-state index contributed by atoms with van der Waals surface area (Å²) in [4.78, 5) is 24.8. The molecular weight excluding hydrogens is 369 g/mol. The fourth-order valence-electron chi connectivity index (χ4n) is 2.71. The summed E-state index contributed by atoms with van der Waals surface area (Å²) in [5.41, 5.74) is 2.70. The highest BCUT2D eigenvalue weighted by Gasteiger charge is 2.11.